The van der Waals surface area contributed by atoms with Gasteiger partial charge in [0, 0.05) is 30.2 Å². The van der Waals surface area contributed by atoms with E-state index in [0.29, 0.717) is 16.5 Å². The van der Waals surface area contributed by atoms with Crippen LogP contribution in [0.15, 0.2) is 54.5 Å². The number of hydrogen-bond acceptors (Lipinski definition) is 9. The molecule has 4 rings (SSSR count). The van der Waals surface area contributed by atoms with Crippen molar-refractivity contribution in [3.63, 3.8) is 0 Å². The number of aryl methyl sites for hydroxylation is 1. The van der Waals surface area contributed by atoms with Gasteiger partial charge in [-0.2, -0.15) is 0 Å². The Labute approximate surface area is 182 Å². The SMILES string of the molecule is COC1=CC(COC(=O)CCc2nc3oc(=O)c(=O)oc3c3ccccc23)CCC1OC. The smallest absolute Gasteiger partial charge is 0.424 e. The summed E-state index contributed by atoms with van der Waals surface area (Å²) in [6, 6.07) is 7.12. The highest BCUT2D eigenvalue weighted by atomic mass is 16.5. The van der Waals surface area contributed by atoms with Gasteiger partial charge in [0.15, 0.2) is 0 Å². The molecule has 2 heterocycles. The number of aromatic nitrogens is 1. The molecule has 3 aromatic rings. The second-order valence-corrected chi connectivity index (χ2v) is 7.54. The minimum atomic E-state index is -1.13. The summed E-state index contributed by atoms with van der Waals surface area (Å²) in [7, 11) is 3.24. The molecule has 9 nitrogen and oxygen atoms in total. The molecule has 0 aliphatic heterocycles. The van der Waals surface area contributed by atoms with Gasteiger partial charge in [-0.3, -0.25) is 4.79 Å². The molecule has 9 heteroatoms. The van der Waals surface area contributed by atoms with E-state index in [-0.39, 0.29) is 48.7 Å². The Balaban J connectivity index is 1.47. The molecule has 2 unspecified atom stereocenters. The lowest BCUT2D eigenvalue weighted by molar-refractivity contribution is -0.144. The summed E-state index contributed by atoms with van der Waals surface area (Å²) in [5.41, 5.74) is -1.65. The molecule has 0 N–H and O–H groups in total. The Morgan fingerprint density at radius 1 is 1.09 bits per heavy atom. The number of pyridine rings is 1. The Hall–Kier alpha value is -3.46. The van der Waals surface area contributed by atoms with E-state index < -0.39 is 11.3 Å². The van der Waals surface area contributed by atoms with Crippen LogP contribution in [0.5, 0.6) is 0 Å². The number of nitrogens with zero attached hydrogens (tertiary/aromatic N) is 1. The van der Waals surface area contributed by atoms with E-state index in [2.05, 4.69) is 4.98 Å². The van der Waals surface area contributed by atoms with Crippen LogP contribution in [0.1, 0.15) is 25.0 Å². The van der Waals surface area contributed by atoms with Gasteiger partial charge in [-0.25, -0.2) is 14.6 Å². The highest BCUT2D eigenvalue weighted by molar-refractivity contribution is 6.01. The number of ether oxygens (including phenoxy) is 3. The molecule has 1 aliphatic carbocycles. The summed E-state index contributed by atoms with van der Waals surface area (Å²) < 4.78 is 26.3. The van der Waals surface area contributed by atoms with Crippen LogP contribution in [0.2, 0.25) is 0 Å². The molecule has 0 bridgehead atoms. The van der Waals surface area contributed by atoms with E-state index in [1.54, 1.807) is 32.4 Å². The number of fused-ring (bicyclic) bond motifs is 3. The van der Waals surface area contributed by atoms with Crippen LogP contribution >= 0.6 is 0 Å². The van der Waals surface area contributed by atoms with Crippen molar-refractivity contribution in [2.75, 3.05) is 20.8 Å². The van der Waals surface area contributed by atoms with Gasteiger partial charge < -0.3 is 23.0 Å². The number of hydrogen-bond donors (Lipinski definition) is 0. The first-order valence-electron chi connectivity index (χ1n) is 10.3. The van der Waals surface area contributed by atoms with Crippen molar-refractivity contribution in [3.05, 3.63) is 62.6 Å². The van der Waals surface area contributed by atoms with E-state index >= 15 is 0 Å². The maximum atomic E-state index is 12.4. The van der Waals surface area contributed by atoms with Crippen molar-refractivity contribution >= 4 is 28.0 Å². The van der Waals surface area contributed by atoms with E-state index in [4.69, 9.17) is 23.0 Å². The molecule has 0 radical (unpaired) electrons. The molecule has 0 spiro atoms. The third kappa shape index (κ3) is 4.43. The Kier molecular flexibility index (Phi) is 6.36. The highest BCUT2D eigenvalue weighted by Crippen LogP contribution is 2.27. The molecule has 1 aliphatic rings. The first-order valence-corrected chi connectivity index (χ1v) is 10.3. The second kappa shape index (κ2) is 9.35. The molecule has 2 aromatic heterocycles. The number of esters is 1. The van der Waals surface area contributed by atoms with E-state index in [9.17, 15) is 14.4 Å². The van der Waals surface area contributed by atoms with E-state index in [0.717, 1.165) is 18.6 Å². The van der Waals surface area contributed by atoms with Crippen LogP contribution in [0.25, 0.3) is 22.1 Å². The average Bonchev–Trinajstić information content (AvgIpc) is 2.82. The fourth-order valence-corrected chi connectivity index (χ4v) is 3.89. The van der Waals surface area contributed by atoms with Crippen LogP contribution < -0.4 is 11.3 Å². The third-order valence-corrected chi connectivity index (χ3v) is 5.53. The van der Waals surface area contributed by atoms with Crippen molar-refractivity contribution in [1.29, 1.82) is 0 Å². The number of carbonyl (C=O) groups is 1. The first kappa shape index (κ1) is 21.8. The zero-order chi connectivity index (χ0) is 22.7. The Bertz CT molecular complexity index is 1290. The standard InChI is InChI=1S/C23H23NO8/c1-28-17-9-7-13(11-18(17)29-2)12-30-19(25)10-8-16-14-5-3-4-6-15(14)20-21(24-16)32-23(27)22(26)31-20/h3-6,11,13,17H,7-10,12H2,1-2H3. The van der Waals surface area contributed by atoms with Gasteiger partial charge in [-0.15, -0.1) is 0 Å². The lowest BCUT2D eigenvalue weighted by Crippen LogP contribution is -2.25. The van der Waals surface area contributed by atoms with Gasteiger partial charge in [-0.1, -0.05) is 24.3 Å². The zero-order valence-electron chi connectivity index (χ0n) is 17.8. The van der Waals surface area contributed by atoms with Gasteiger partial charge in [0.1, 0.15) is 11.9 Å². The van der Waals surface area contributed by atoms with Crippen LogP contribution in [0.4, 0.5) is 0 Å². The van der Waals surface area contributed by atoms with Gasteiger partial charge >= 0.3 is 17.2 Å². The molecule has 2 atom stereocenters. The monoisotopic (exact) mass is 441 g/mol. The summed E-state index contributed by atoms with van der Waals surface area (Å²) in [6.45, 7) is 0.258. The minimum absolute atomic E-state index is 0.0660. The van der Waals surface area contributed by atoms with Gasteiger partial charge in [0.05, 0.1) is 25.8 Å². The van der Waals surface area contributed by atoms with Gasteiger partial charge in [0.2, 0.25) is 5.58 Å². The van der Waals surface area contributed by atoms with Crippen LogP contribution in [-0.2, 0) is 25.4 Å². The van der Waals surface area contributed by atoms with Crippen molar-refractivity contribution in [2.45, 2.75) is 31.8 Å². The van der Waals surface area contributed by atoms with Crippen molar-refractivity contribution in [2.24, 2.45) is 5.92 Å². The Morgan fingerprint density at radius 3 is 2.59 bits per heavy atom. The molecular formula is C23H23NO8. The van der Waals surface area contributed by atoms with Crippen LogP contribution in [0.3, 0.4) is 0 Å². The molecular weight excluding hydrogens is 418 g/mol. The van der Waals surface area contributed by atoms with Gasteiger partial charge in [-0.05, 0) is 18.9 Å². The predicted octanol–water partition coefficient (Wildman–Crippen LogP) is 2.73. The van der Waals surface area contributed by atoms with Crippen LogP contribution in [-0.4, -0.2) is 37.9 Å². The quantitative estimate of drug-likeness (QED) is 0.310. The van der Waals surface area contributed by atoms with Crippen LogP contribution in [0, 0.1) is 5.92 Å². The predicted molar refractivity (Wildman–Crippen MR) is 114 cm³/mol. The third-order valence-electron chi connectivity index (χ3n) is 5.53. The Morgan fingerprint density at radius 2 is 1.84 bits per heavy atom. The summed E-state index contributed by atoms with van der Waals surface area (Å²) in [5.74, 6) is 0.454. The van der Waals surface area contributed by atoms with E-state index in [1.807, 2.05) is 12.1 Å². The topological polar surface area (TPSA) is 118 Å². The molecule has 1 aromatic carbocycles. The number of benzene rings is 1. The lowest BCUT2D eigenvalue weighted by atomic mass is 9.93. The summed E-state index contributed by atoms with van der Waals surface area (Å²) in [4.78, 5) is 39.8. The fourth-order valence-electron chi connectivity index (χ4n) is 3.89. The maximum absolute atomic E-state index is 12.4. The van der Waals surface area contributed by atoms with Crippen molar-refractivity contribution in [1.82, 2.24) is 4.98 Å². The largest absolute Gasteiger partial charge is 0.499 e. The molecule has 0 fully saturated rings. The molecule has 32 heavy (non-hydrogen) atoms. The number of carbonyl (C=O) groups excluding carboxylic acids is 1. The van der Waals surface area contributed by atoms with E-state index in [1.165, 1.54) is 0 Å². The summed E-state index contributed by atoms with van der Waals surface area (Å²) in [6.07, 6.45) is 3.88. The normalized spacial score (nSPS) is 18.5. The molecule has 0 amide bonds. The molecule has 0 saturated carbocycles. The molecule has 0 saturated heterocycles. The average molecular weight is 441 g/mol. The zero-order valence-corrected chi connectivity index (χ0v) is 17.8. The van der Waals surface area contributed by atoms with Crippen molar-refractivity contribution < 1.29 is 27.8 Å². The highest BCUT2D eigenvalue weighted by Gasteiger charge is 2.24. The number of methoxy groups -OCH3 is 2. The number of rotatable bonds is 7. The lowest BCUT2D eigenvalue weighted by Gasteiger charge is -2.26. The second-order valence-electron chi connectivity index (χ2n) is 7.54. The minimum Gasteiger partial charge on any atom is -0.499 e. The maximum Gasteiger partial charge on any atom is 0.424 e. The van der Waals surface area contributed by atoms with Crippen molar-refractivity contribution in [3.8, 4) is 0 Å². The molecule has 168 valence electrons. The van der Waals surface area contributed by atoms with Gasteiger partial charge in [0.25, 0.3) is 5.71 Å². The first-order chi connectivity index (χ1) is 15.5. The fraction of sp³-hybridized carbons (Fsp3) is 0.391. The summed E-state index contributed by atoms with van der Waals surface area (Å²) in [5, 5.41) is 1.28. The summed E-state index contributed by atoms with van der Waals surface area (Å²) >= 11 is 0.